The number of aromatic nitrogens is 2. The van der Waals surface area contributed by atoms with E-state index >= 15 is 0 Å². The standard InChI is InChI=1S/C26H27F2N3O/c1-3-26(4-2,18-8-6-5-7-9-18)29-25(32)23-22-16-10-11-17(14-16)24(22)31(30-23)21-13-12-19(27)15-20(21)28/h5-9,12-13,15-17H,3-4,10-11,14H2,1-2H3,(H,29,32). The van der Waals surface area contributed by atoms with Crippen LogP contribution in [0, 0.1) is 11.6 Å². The zero-order chi connectivity index (χ0) is 22.5. The largest absolute Gasteiger partial charge is 0.341 e. The number of benzene rings is 2. The number of hydrogen-bond donors (Lipinski definition) is 1. The fraction of sp³-hybridized carbons (Fsp3) is 0.385. The van der Waals surface area contributed by atoms with Gasteiger partial charge in [0.25, 0.3) is 5.91 Å². The second kappa shape index (κ2) is 7.84. The van der Waals surface area contributed by atoms with Crippen molar-refractivity contribution in [2.24, 2.45) is 0 Å². The van der Waals surface area contributed by atoms with Crippen LogP contribution in [0.3, 0.4) is 0 Å². The highest BCUT2D eigenvalue weighted by molar-refractivity contribution is 5.95. The van der Waals surface area contributed by atoms with E-state index in [0.717, 1.165) is 55.0 Å². The summed E-state index contributed by atoms with van der Waals surface area (Å²) in [6, 6.07) is 13.5. The van der Waals surface area contributed by atoms with Gasteiger partial charge in [-0.15, -0.1) is 0 Å². The van der Waals surface area contributed by atoms with Crippen LogP contribution in [-0.2, 0) is 5.54 Å². The summed E-state index contributed by atoms with van der Waals surface area (Å²) in [6.07, 6.45) is 4.45. The first-order valence-corrected chi connectivity index (χ1v) is 11.4. The minimum absolute atomic E-state index is 0.189. The second-order valence-electron chi connectivity index (χ2n) is 8.97. The van der Waals surface area contributed by atoms with Crippen molar-refractivity contribution in [1.29, 1.82) is 0 Å². The van der Waals surface area contributed by atoms with E-state index < -0.39 is 17.2 Å². The predicted molar refractivity (Wildman–Crippen MR) is 119 cm³/mol. The number of nitrogens with zero attached hydrogens (tertiary/aromatic N) is 2. The molecule has 1 saturated carbocycles. The molecule has 32 heavy (non-hydrogen) atoms. The van der Waals surface area contributed by atoms with E-state index in [-0.39, 0.29) is 23.4 Å². The van der Waals surface area contributed by atoms with Crippen molar-refractivity contribution in [3.05, 3.63) is 82.7 Å². The average molecular weight is 436 g/mol. The quantitative estimate of drug-likeness (QED) is 0.519. The normalized spacial score (nSPS) is 19.2. The molecule has 1 fully saturated rings. The number of rotatable bonds is 6. The minimum Gasteiger partial charge on any atom is -0.341 e. The van der Waals surface area contributed by atoms with Gasteiger partial charge in [0.2, 0.25) is 0 Å². The van der Waals surface area contributed by atoms with Crippen LogP contribution in [0.15, 0.2) is 48.5 Å². The summed E-state index contributed by atoms with van der Waals surface area (Å²) in [6.45, 7) is 4.13. The topological polar surface area (TPSA) is 46.9 Å². The summed E-state index contributed by atoms with van der Waals surface area (Å²) in [4.78, 5) is 13.6. The van der Waals surface area contributed by atoms with Crippen molar-refractivity contribution in [3.8, 4) is 5.69 Å². The van der Waals surface area contributed by atoms with Crippen LogP contribution >= 0.6 is 0 Å². The predicted octanol–water partition coefficient (Wildman–Crippen LogP) is 5.96. The maximum atomic E-state index is 14.7. The SMILES string of the molecule is CCC(CC)(NC(=O)c1nn(-c2ccc(F)cc2F)c2c1C1CCC2C1)c1ccccc1. The zero-order valence-electron chi connectivity index (χ0n) is 18.4. The third-order valence-electron chi connectivity index (χ3n) is 7.43. The fourth-order valence-corrected chi connectivity index (χ4v) is 5.68. The zero-order valence-corrected chi connectivity index (χ0v) is 18.4. The Kier molecular flexibility index (Phi) is 5.11. The van der Waals surface area contributed by atoms with Crippen LogP contribution in [0.1, 0.15) is 85.1 Å². The molecular weight excluding hydrogens is 408 g/mol. The van der Waals surface area contributed by atoms with E-state index in [0.29, 0.717) is 5.69 Å². The molecule has 3 aromatic rings. The number of halogens is 2. The summed E-state index contributed by atoms with van der Waals surface area (Å²) in [7, 11) is 0. The molecule has 2 aliphatic rings. The third kappa shape index (κ3) is 3.15. The number of fused-ring (bicyclic) bond motifs is 5. The Morgan fingerprint density at radius 3 is 2.50 bits per heavy atom. The van der Waals surface area contributed by atoms with E-state index in [9.17, 15) is 13.6 Å². The molecule has 0 saturated heterocycles. The molecule has 5 rings (SSSR count). The van der Waals surface area contributed by atoms with E-state index in [1.54, 1.807) is 4.68 Å². The Bertz CT molecular complexity index is 1170. The van der Waals surface area contributed by atoms with Crippen LogP contribution in [0.25, 0.3) is 5.69 Å². The minimum atomic E-state index is -0.675. The molecule has 0 radical (unpaired) electrons. The first-order valence-electron chi connectivity index (χ1n) is 11.4. The lowest BCUT2D eigenvalue weighted by atomic mass is 9.84. The molecule has 6 heteroatoms. The van der Waals surface area contributed by atoms with Crippen molar-refractivity contribution in [1.82, 2.24) is 15.1 Å². The van der Waals surface area contributed by atoms with E-state index in [1.165, 1.54) is 12.1 Å². The van der Waals surface area contributed by atoms with Crippen LogP contribution in [0.2, 0.25) is 0 Å². The highest BCUT2D eigenvalue weighted by Gasteiger charge is 2.45. The molecule has 0 aliphatic heterocycles. The lowest BCUT2D eigenvalue weighted by Gasteiger charge is -2.33. The molecule has 1 amide bonds. The van der Waals surface area contributed by atoms with Gasteiger partial charge in [0, 0.05) is 17.5 Å². The van der Waals surface area contributed by atoms with E-state index in [2.05, 4.69) is 24.3 Å². The van der Waals surface area contributed by atoms with Crippen LogP contribution in [-0.4, -0.2) is 15.7 Å². The Hall–Kier alpha value is -3.02. The van der Waals surface area contributed by atoms with Crippen LogP contribution in [0.4, 0.5) is 8.78 Å². The van der Waals surface area contributed by atoms with Crippen LogP contribution < -0.4 is 5.32 Å². The number of nitrogens with one attached hydrogen (secondary N) is 1. The Balaban J connectivity index is 1.59. The summed E-state index contributed by atoms with van der Waals surface area (Å²) in [5.74, 6) is -1.02. The first kappa shape index (κ1) is 20.9. The maximum absolute atomic E-state index is 14.7. The van der Waals surface area contributed by atoms with Gasteiger partial charge in [0.05, 0.1) is 11.2 Å². The fourth-order valence-electron chi connectivity index (χ4n) is 5.68. The number of carbonyl (C=O) groups excluding carboxylic acids is 1. The molecule has 1 heterocycles. The molecule has 166 valence electrons. The lowest BCUT2D eigenvalue weighted by molar-refractivity contribution is 0.0882. The third-order valence-corrected chi connectivity index (χ3v) is 7.43. The van der Waals surface area contributed by atoms with E-state index in [1.807, 2.05) is 30.3 Å². The molecule has 2 bridgehead atoms. The maximum Gasteiger partial charge on any atom is 0.272 e. The smallest absolute Gasteiger partial charge is 0.272 e. The molecular formula is C26H27F2N3O. The molecule has 1 N–H and O–H groups in total. The molecule has 4 nitrogen and oxygen atoms in total. The van der Waals surface area contributed by atoms with Gasteiger partial charge in [-0.3, -0.25) is 4.79 Å². The average Bonchev–Trinajstić information content (AvgIpc) is 3.51. The number of hydrogen-bond acceptors (Lipinski definition) is 2. The summed E-state index contributed by atoms with van der Waals surface area (Å²) >= 11 is 0. The van der Waals surface area contributed by atoms with Gasteiger partial charge in [-0.25, -0.2) is 13.5 Å². The monoisotopic (exact) mass is 435 g/mol. The Labute approximate surface area is 186 Å². The Morgan fingerprint density at radius 2 is 1.81 bits per heavy atom. The summed E-state index contributed by atoms with van der Waals surface area (Å²) < 4.78 is 29.7. The van der Waals surface area contributed by atoms with E-state index in [4.69, 9.17) is 0 Å². The van der Waals surface area contributed by atoms with Crippen molar-refractivity contribution < 1.29 is 13.6 Å². The van der Waals surface area contributed by atoms with Crippen molar-refractivity contribution in [2.45, 2.75) is 63.3 Å². The Morgan fingerprint density at radius 1 is 1.09 bits per heavy atom. The summed E-state index contributed by atoms with van der Waals surface area (Å²) in [5.41, 5.74) is 2.97. The van der Waals surface area contributed by atoms with Crippen molar-refractivity contribution in [3.63, 3.8) is 0 Å². The molecule has 2 atom stereocenters. The molecule has 2 aliphatic carbocycles. The van der Waals surface area contributed by atoms with Gasteiger partial charge >= 0.3 is 0 Å². The van der Waals surface area contributed by atoms with Gasteiger partial charge in [-0.05, 0) is 55.7 Å². The highest BCUT2D eigenvalue weighted by Crippen LogP contribution is 2.54. The molecule has 1 aromatic heterocycles. The first-order chi connectivity index (χ1) is 15.5. The van der Waals surface area contributed by atoms with Gasteiger partial charge < -0.3 is 5.32 Å². The number of amides is 1. The van der Waals surface area contributed by atoms with Gasteiger partial charge in [-0.2, -0.15) is 5.10 Å². The molecule has 2 aromatic carbocycles. The number of carbonyl (C=O) groups is 1. The second-order valence-corrected chi connectivity index (χ2v) is 8.97. The van der Waals surface area contributed by atoms with Crippen LogP contribution in [0.5, 0.6) is 0 Å². The van der Waals surface area contributed by atoms with Crippen molar-refractivity contribution >= 4 is 5.91 Å². The summed E-state index contributed by atoms with van der Waals surface area (Å²) in [5, 5.41) is 7.89. The van der Waals surface area contributed by atoms with Gasteiger partial charge in [-0.1, -0.05) is 44.2 Å². The van der Waals surface area contributed by atoms with Gasteiger partial charge in [0.1, 0.15) is 11.5 Å². The van der Waals surface area contributed by atoms with Crippen molar-refractivity contribution in [2.75, 3.05) is 0 Å². The molecule has 2 unspecified atom stereocenters. The molecule has 0 spiro atoms. The lowest BCUT2D eigenvalue weighted by Crippen LogP contribution is -2.45. The highest BCUT2D eigenvalue weighted by atomic mass is 19.1. The van der Waals surface area contributed by atoms with Gasteiger partial charge in [0.15, 0.2) is 11.5 Å².